The summed E-state index contributed by atoms with van der Waals surface area (Å²) < 4.78 is 5.31. The number of amides is 1. The maximum absolute atomic E-state index is 12.4. The minimum atomic E-state index is -0.928. The van der Waals surface area contributed by atoms with Crippen molar-refractivity contribution in [3.8, 4) is 0 Å². The van der Waals surface area contributed by atoms with Gasteiger partial charge in [0.25, 0.3) is 0 Å². The molecule has 0 aliphatic rings. The van der Waals surface area contributed by atoms with Crippen LogP contribution in [0.2, 0.25) is 0 Å². The molecule has 2 aromatic rings. The average molecular weight is 355 g/mol. The van der Waals surface area contributed by atoms with Gasteiger partial charge in [0.15, 0.2) is 0 Å². The highest BCUT2D eigenvalue weighted by atomic mass is 16.5. The third-order valence-corrected chi connectivity index (χ3v) is 3.67. The van der Waals surface area contributed by atoms with Crippen LogP contribution in [-0.4, -0.2) is 29.0 Å². The minimum Gasteiger partial charge on any atom is -0.481 e. The molecule has 6 heteroatoms. The first-order chi connectivity index (χ1) is 12.4. The van der Waals surface area contributed by atoms with E-state index in [1.807, 2.05) is 30.3 Å². The van der Waals surface area contributed by atoms with Crippen molar-refractivity contribution >= 4 is 17.8 Å². The van der Waals surface area contributed by atoms with Crippen LogP contribution in [0.1, 0.15) is 23.6 Å². The summed E-state index contributed by atoms with van der Waals surface area (Å²) in [6.07, 6.45) is 0.123. The fourth-order valence-corrected chi connectivity index (χ4v) is 2.54. The zero-order chi connectivity index (χ0) is 18.9. The summed E-state index contributed by atoms with van der Waals surface area (Å²) in [6, 6.07) is 15.4. The van der Waals surface area contributed by atoms with Crippen LogP contribution in [0, 0.1) is 0 Å². The van der Waals surface area contributed by atoms with E-state index in [9.17, 15) is 14.4 Å². The average Bonchev–Trinajstić information content (AvgIpc) is 2.59. The number of rotatable bonds is 8. The Morgan fingerprint density at radius 1 is 1.00 bits per heavy atom. The molecular weight excluding hydrogens is 334 g/mol. The SMILES string of the molecule is CC(=O)NC(Cc1cccc(CC(=O)O)c1)C(=O)OCc1ccccc1. The fraction of sp³-hybridized carbons (Fsp3) is 0.250. The van der Waals surface area contributed by atoms with Crippen molar-refractivity contribution in [2.24, 2.45) is 0 Å². The second kappa shape index (κ2) is 9.36. The van der Waals surface area contributed by atoms with E-state index in [4.69, 9.17) is 9.84 Å². The number of ether oxygens (including phenoxy) is 1. The fourth-order valence-electron chi connectivity index (χ4n) is 2.54. The summed E-state index contributed by atoms with van der Waals surface area (Å²) in [6.45, 7) is 1.45. The number of carboxylic acid groups (broad SMARTS) is 1. The van der Waals surface area contributed by atoms with Gasteiger partial charge >= 0.3 is 11.9 Å². The molecule has 0 saturated carbocycles. The van der Waals surface area contributed by atoms with Crippen LogP contribution in [0.5, 0.6) is 0 Å². The molecule has 0 heterocycles. The largest absolute Gasteiger partial charge is 0.481 e. The normalized spacial score (nSPS) is 11.4. The molecule has 0 fully saturated rings. The lowest BCUT2D eigenvalue weighted by molar-refractivity contribution is -0.149. The number of hydrogen-bond acceptors (Lipinski definition) is 4. The van der Waals surface area contributed by atoms with E-state index in [1.165, 1.54) is 6.92 Å². The van der Waals surface area contributed by atoms with Crippen molar-refractivity contribution in [3.63, 3.8) is 0 Å². The van der Waals surface area contributed by atoms with Crippen LogP contribution < -0.4 is 5.32 Å². The van der Waals surface area contributed by atoms with Gasteiger partial charge in [-0.25, -0.2) is 4.79 Å². The second-order valence-electron chi connectivity index (χ2n) is 5.94. The van der Waals surface area contributed by atoms with Crippen molar-refractivity contribution in [3.05, 3.63) is 71.3 Å². The Labute approximate surface area is 151 Å². The van der Waals surface area contributed by atoms with E-state index in [-0.39, 0.29) is 25.4 Å². The van der Waals surface area contributed by atoms with Crippen molar-refractivity contribution < 1.29 is 24.2 Å². The van der Waals surface area contributed by atoms with Gasteiger partial charge in [0.2, 0.25) is 5.91 Å². The minimum absolute atomic E-state index is 0.100. The Morgan fingerprint density at radius 2 is 1.65 bits per heavy atom. The van der Waals surface area contributed by atoms with Crippen LogP contribution in [0.25, 0.3) is 0 Å². The summed E-state index contributed by atoms with van der Waals surface area (Å²) in [5.41, 5.74) is 2.24. The van der Waals surface area contributed by atoms with Gasteiger partial charge in [-0.2, -0.15) is 0 Å². The first-order valence-corrected chi connectivity index (χ1v) is 8.21. The van der Waals surface area contributed by atoms with Crippen molar-refractivity contribution in [2.75, 3.05) is 0 Å². The third-order valence-electron chi connectivity index (χ3n) is 3.67. The van der Waals surface area contributed by atoms with Gasteiger partial charge in [0.1, 0.15) is 12.6 Å². The predicted molar refractivity (Wildman–Crippen MR) is 95.3 cm³/mol. The Morgan fingerprint density at radius 3 is 2.31 bits per heavy atom. The molecule has 0 radical (unpaired) electrons. The summed E-state index contributed by atoms with van der Waals surface area (Å²) >= 11 is 0. The van der Waals surface area contributed by atoms with E-state index in [0.717, 1.165) is 11.1 Å². The molecule has 136 valence electrons. The van der Waals surface area contributed by atoms with Crippen molar-refractivity contribution in [2.45, 2.75) is 32.4 Å². The molecule has 0 spiro atoms. The Balaban J connectivity index is 2.05. The van der Waals surface area contributed by atoms with Crippen LogP contribution in [0.4, 0.5) is 0 Å². The summed E-state index contributed by atoms with van der Waals surface area (Å²) in [5, 5.41) is 11.5. The van der Waals surface area contributed by atoms with E-state index >= 15 is 0 Å². The maximum Gasteiger partial charge on any atom is 0.329 e. The van der Waals surface area contributed by atoms with Gasteiger partial charge in [-0.1, -0.05) is 54.6 Å². The van der Waals surface area contributed by atoms with Gasteiger partial charge in [-0.3, -0.25) is 9.59 Å². The highest BCUT2D eigenvalue weighted by molar-refractivity contribution is 5.83. The van der Waals surface area contributed by atoms with E-state index < -0.39 is 18.0 Å². The summed E-state index contributed by atoms with van der Waals surface area (Å²) in [7, 11) is 0. The van der Waals surface area contributed by atoms with Crippen molar-refractivity contribution in [1.82, 2.24) is 5.32 Å². The van der Waals surface area contributed by atoms with Gasteiger partial charge in [0, 0.05) is 13.3 Å². The molecule has 0 saturated heterocycles. The number of carbonyl (C=O) groups is 3. The van der Waals surface area contributed by atoms with E-state index in [0.29, 0.717) is 5.56 Å². The third kappa shape index (κ3) is 6.39. The lowest BCUT2D eigenvalue weighted by atomic mass is 10.0. The number of benzene rings is 2. The highest BCUT2D eigenvalue weighted by Crippen LogP contribution is 2.11. The lowest BCUT2D eigenvalue weighted by Crippen LogP contribution is -2.42. The molecule has 2 rings (SSSR count). The number of esters is 1. The molecule has 26 heavy (non-hydrogen) atoms. The Hall–Kier alpha value is -3.15. The van der Waals surface area contributed by atoms with Crippen molar-refractivity contribution in [1.29, 1.82) is 0 Å². The van der Waals surface area contributed by atoms with E-state index in [2.05, 4.69) is 5.32 Å². The molecule has 1 amide bonds. The van der Waals surface area contributed by atoms with Gasteiger partial charge in [-0.05, 0) is 16.7 Å². The Kier molecular flexibility index (Phi) is 6.91. The van der Waals surface area contributed by atoms with Crippen LogP contribution in [0.15, 0.2) is 54.6 Å². The molecule has 0 bridgehead atoms. The number of carboxylic acids is 1. The topological polar surface area (TPSA) is 92.7 Å². The molecule has 1 unspecified atom stereocenters. The zero-order valence-electron chi connectivity index (χ0n) is 14.5. The van der Waals surface area contributed by atoms with E-state index in [1.54, 1.807) is 24.3 Å². The number of nitrogens with one attached hydrogen (secondary N) is 1. The molecule has 0 aliphatic carbocycles. The summed E-state index contributed by atoms with van der Waals surface area (Å²) in [4.78, 5) is 34.7. The molecule has 6 nitrogen and oxygen atoms in total. The smallest absolute Gasteiger partial charge is 0.329 e. The number of hydrogen-bond donors (Lipinski definition) is 2. The standard InChI is InChI=1S/C20H21NO5/c1-14(22)21-18(20(25)26-13-15-6-3-2-4-7-15)11-16-8-5-9-17(10-16)12-19(23)24/h2-10,18H,11-13H2,1H3,(H,21,22)(H,23,24). The maximum atomic E-state index is 12.4. The molecule has 1 atom stereocenters. The lowest BCUT2D eigenvalue weighted by Gasteiger charge is -2.17. The summed E-state index contributed by atoms with van der Waals surface area (Å²) in [5.74, 6) is -1.80. The molecule has 0 aromatic heterocycles. The van der Waals surface area contributed by atoms with Gasteiger partial charge in [-0.15, -0.1) is 0 Å². The van der Waals surface area contributed by atoms with Crippen LogP contribution in [-0.2, 0) is 38.6 Å². The molecule has 2 N–H and O–H groups in total. The second-order valence-corrected chi connectivity index (χ2v) is 5.94. The van der Waals surface area contributed by atoms with Crippen LogP contribution in [0.3, 0.4) is 0 Å². The molecule has 0 aliphatic heterocycles. The van der Waals surface area contributed by atoms with Crippen LogP contribution >= 0.6 is 0 Å². The first kappa shape index (κ1) is 19.2. The van der Waals surface area contributed by atoms with Gasteiger partial charge < -0.3 is 15.2 Å². The monoisotopic (exact) mass is 355 g/mol. The predicted octanol–water partition coefficient (Wildman–Crippen LogP) is 2.10. The molecular formula is C20H21NO5. The van der Waals surface area contributed by atoms with Gasteiger partial charge in [0.05, 0.1) is 6.42 Å². The Bertz CT molecular complexity index is 773. The molecule has 2 aromatic carbocycles. The quantitative estimate of drug-likeness (QED) is 0.708. The number of aliphatic carboxylic acids is 1. The number of carbonyl (C=O) groups excluding carboxylic acids is 2. The zero-order valence-corrected chi connectivity index (χ0v) is 14.5. The highest BCUT2D eigenvalue weighted by Gasteiger charge is 2.22. The first-order valence-electron chi connectivity index (χ1n) is 8.21.